The molecule has 0 atom stereocenters. The highest BCUT2D eigenvalue weighted by molar-refractivity contribution is 5.91. The minimum Gasteiger partial charge on any atom is -0.478 e. The molecular weight excluding hydrogens is 216 g/mol. The molecule has 0 aliphatic carbocycles. The summed E-state index contributed by atoms with van der Waals surface area (Å²) in [5.74, 6) is -0.885. The minimum absolute atomic E-state index is 0.164. The van der Waals surface area contributed by atoms with Crippen molar-refractivity contribution < 1.29 is 9.90 Å². The number of aromatic carboxylic acids is 1. The van der Waals surface area contributed by atoms with Crippen LogP contribution in [0.5, 0.6) is 0 Å². The highest BCUT2D eigenvalue weighted by Gasteiger charge is 2.25. The van der Waals surface area contributed by atoms with Gasteiger partial charge in [-0.05, 0) is 23.6 Å². The monoisotopic (exact) mass is 234 g/mol. The summed E-state index contributed by atoms with van der Waals surface area (Å²) in [6.07, 6.45) is 0. The zero-order chi connectivity index (χ0) is 12.6. The Morgan fingerprint density at radius 2 is 2.18 bits per heavy atom. The Bertz CT molecular complexity index is 455. The van der Waals surface area contributed by atoms with Gasteiger partial charge in [-0.2, -0.15) is 0 Å². The standard InChI is InChI=1S/C13H18N2O2/c1-13(2)7-14-10-5-4-9(12(16)17)6-11(10)15(3)8-13/h4-6,14H,7-8H2,1-3H3,(H,16,17). The van der Waals surface area contributed by atoms with E-state index in [9.17, 15) is 4.79 Å². The van der Waals surface area contributed by atoms with Crippen LogP contribution in [0.15, 0.2) is 18.2 Å². The first-order valence-corrected chi connectivity index (χ1v) is 5.71. The fourth-order valence-corrected chi connectivity index (χ4v) is 2.25. The van der Waals surface area contributed by atoms with Gasteiger partial charge in [0.05, 0.1) is 16.9 Å². The van der Waals surface area contributed by atoms with Gasteiger partial charge in [-0.25, -0.2) is 4.79 Å². The minimum atomic E-state index is -0.885. The Hall–Kier alpha value is -1.71. The first-order chi connectivity index (χ1) is 7.89. The van der Waals surface area contributed by atoms with E-state index >= 15 is 0 Å². The molecule has 0 saturated heterocycles. The molecule has 17 heavy (non-hydrogen) atoms. The van der Waals surface area contributed by atoms with Crippen molar-refractivity contribution in [2.24, 2.45) is 5.41 Å². The number of carbonyl (C=O) groups is 1. The third-order valence-electron chi connectivity index (χ3n) is 3.08. The van der Waals surface area contributed by atoms with Crippen LogP contribution in [0.1, 0.15) is 24.2 Å². The van der Waals surface area contributed by atoms with E-state index in [0.717, 1.165) is 24.5 Å². The fourth-order valence-electron chi connectivity index (χ4n) is 2.25. The van der Waals surface area contributed by atoms with Crippen molar-refractivity contribution in [2.75, 3.05) is 30.4 Å². The lowest BCUT2D eigenvalue weighted by Crippen LogP contribution is -2.33. The number of carboxylic acids is 1. The molecule has 2 rings (SSSR count). The molecule has 92 valence electrons. The number of hydrogen-bond donors (Lipinski definition) is 2. The third-order valence-corrected chi connectivity index (χ3v) is 3.08. The Labute approximate surface area is 101 Å². The van der Waals surface area contributed by atoms with Gasteiger partial charge in [0.15, 0.2) is 0 Å². The van der Waals surface area contributed by atoms with Crippen molar-refractivity contribution in [3.05, 3.63) is 23.8 Å². The van der Waals surface area contributed by atoms with Crippen molar-refractivity contribution in [1.82, 2.24) is 0 Å². The second kappa shape index (κ2) is 3.95. The summed E-state index contributed by atoms with van der Waals surface area (Å²) in [4.78, 5) is 13.1. The fraction of sp³-hybridized carbons (Fsp3) is 0.462. The number of nitrogens with one attached hydrogen (secondary N) is 1. The van der Waals surface area contributed by atoms with E-state index in [1.165, 1.54) is 0 Å². The largest absolute Gasteiger partial charge is 0.478 e. The van der Waals surface area contributed by atoms with Gasteiger partial charge in [0.2, 0.25) is 0 Å². The summed E-state index contributed by atoms with van der Waals surface area (Å²) in [5.41, 5.74) is 2.45. The number of anilines is 2. The molecule has 0 amide bonds. The maximum Gasteiger partial charge on any atom is 0.335 e. The molecular formula is C13H18N2O2. The average Bonchev–Trinajstić information content (AvgIpc) is 2.35. The van der Waals surface area contributed by atoms with Crippen LogP contribution in [0.2, 0.25) is 0 Å². The molecule has 1 aromatic rings. The van der Waals surface area contributed by atoms with E-state index < -0.39 is 5.97 Å². The topological polar surface area (TPSA) is 52.6 Å². The highest BCUT2D eigenvalue weighted by atomic mass is 16.4. The number of rotatable bonds is 1. The van der Waals surface area contributed by atoms with Crippen LogP contribution in [0.4, 0.5) is 11.4 Å². The second-order valence-corrected chi connectivity index (χ2v) is 5.41. The van der Waals surface area contributed by atoms with Gasteiger partial charge in [-0.15, -0.1) is 0 Å². The molecule has 2 N–H and O–H groups in total. The zero-order valence-electron chi connectivity index (χ0n) is 10.4. The molecule has 1 aromatic carbocycles. The number of carboxylic acid groups (broad SMARTS) is 1. The van der Waals surface area contributed by atoms with Crippen molar-refractivity contribution >= 4 is 17.3 Å². The molecule has 4 nitrogen and oxygen atoms in total. The molecule has 1 heterocycles. The Morgan fingerprint density at radius 3 is 2.82 bits per heavy atom. The van der Waals surface area contributed by atoms with Gasteiger partial charge in [-0.3, -0.25) is 0 Å². The molecule has 0 aromatic heterocycles. The van der Waals surface area contributed by atoms with E-state index in [1.807, 2.05) is 13.1 Å². The normalized spacial score (nSPS) is 17.9. The van der Waals surface area contributed by atoms with Gasteiger partial charge in [0, 0.05) is 20.1 Å². The molecule has 4 heteroatoms. The van der Waals surface area contributed by atoms with Crippen molar-refractivity contribution in [1.29, 1.82) is 0 Å². The molecule has 0 radical (unpaired) electrons. The van der Waals surface area contributed by atoms with E-state index in [1.54, 1.807) is 12.1 Å². The van der Waals surface area contributed by atoms with E-state index in [4.69, 9.17) is 5.11 Å². The predicted molar refractivity (Wildman–Crippen MR) is 68.9 cm³/mol. The van der Waals surface area contributed by atoms with Crippen molar-refractivity contribution in [3.63, 3.8) is 0 Å². The average molecular weight is 234 g/mol. The van der Waals surface area contributed by atoms with Crippen molar-refractivity contribution in [3.8, 4) is 0 Å². The molecule has 0 unspecified atom stereocenters. The summed E-state index contributed by atoms with van der Waals surface area (Å²) in [6, 6.07) is 5.21. The summed E-state index contributed by atoms with van der Waals surface area (Å²) in [5, 5.41) is 12.4. The van der Waals surface area contributed by atoms with Crippen molar-refractivity contribution in [2.45, 2.75) is 13.8 Å². The van der Waals surface area contributed by atoms with Crippen LogP contribution in [-0.2, 0) is 0 Å². The molecule has 0 spiro atoms. The van der Waals surface area contributed by atoms with Crippen LogP contribution in [0, 0.1) is 5.41 Å². The Morgan fingerprint density at radius 1 is 1.47 bits per heavy atom. The molecule has 0 bridgehead atoms. The number of fused-ring (bicyclic) bond motifs is 1. The van der Waals surface area contributed by atoms with Crippen LogP contribution in [-0.4, -0.2) is 31.2 Å². The SMILES string of the molecule is CN1CC(C)(C)CNc2ccc(C(=O)O)cc21. The first-order valence-electron chi connectivity index (χ1n) is 5.71. The number of hydrogen-bond acceptors (Lipinski definition) is 3. The molecule has 0 saturated carbocycles. The van der Waals surface area contributed by atoms with Gasteiger partial charge >= 0.3 is 5.97 Å². The van der Waals surface area contributed by atoms with E-state index in [2.05, 4.69) is 24.1 Å². The predicted octanol–water partition coefficient (Wildman–Crippen LogP) is 2.27. The number of nitrogens with zero attached hydrogens (tertiary/aromatic N) is 1. The summed E-state index contributed by atoms with van der Waals surface area (Å²) in [7, 11) is 2.00. The van der Waals surface area contributed by atoms with E-state index in [0.29, 0.717) is 5.56 Å². The van der Waals surface area contributed by atoms with Gasteiger partial charge in [0.1, 0.15) is 0 Å². The molecule has 0 fully saturated rings. The van der Waals surface area contributed by atoms with Gasteiger partial charge in [0.25, 0.3) is 0 Å². The summed E-state index contributed by atoms with van der Waals surface area (Å²) >= 11 is 0. The lowest BCUT2D eigenvalue weighted by molar-refractivity contribution is 0.0697. The first kappa shape index (κ1) is 11.8. The maximum atomic E-state index is 11.0. The van der Waals surface area contributed by atoms with Crippen LogP contribution < -0.4 is 10.2 Å². The Balaban J connectivity index is 2.42. The van der Waals surface area contributed by atoms with Crippen LogP contribution in [0.25, 0.3) is 0 Å². The molecule has 1 aliphatic rings. The smallest absolute Gasteiger partial charge is 0.335 e. The third kappa shape index (κ3) is 2.35. The van der Waals surface area contributed by atoms with Gasteiger partial charge < -0.3 is 15.3 Å². The quantitative estimate of drug-likeness (QED) is 0.782. The highest BCUT2D eigenvalue weighted by Crippen LogP contribution is 2.33. The van der Waals surface area contributed by atoms with E-state index in [-0.39, 0.29) is 5.41 Å². The van der Waals surface area contributed by atoms with Crippen LogP contribution >= 0.6 is 0 Å². The second-order valence-electron chi connectivity index (χ2n) is 5.41. The molecule has 1 aliphatic heterocycles. The zero-order valence-corrected chi connectivity index (χ0v) is 10.4. The summed E-state index contributed by atoms with van der Waals surface area (Å²) in [6.45, 7) is 6.17. The lowest BCUT2D eigenvalue weighted by Gasteiger charge is -2.27. The van der Waals surface area contributed by atoms with Gasteiger partial charge in [-0.1, -0.05) is 13.8 Å². The summed E-state index contributed by atoms with van der Waals surface area (Å²) < 4.78 is 0. The maximum absolute atomic E-state index is 11.0. The number of benzene rings is 1. The van der Waals surface area contributed by atoms with Crippen LogP contribution in [0.3, 0.4) is 0 Å². The Kier molecular flexibility index (Phi) is 2.73. The lowest BCUT2D eigenvalue weighted by atomic mass is 9.93.